The summed E-state index contributed by atoms with van der Waals surface area (Å²) in [5, 5.41) is 21.7. The Morgan fingerprint density at radius 1 is 1.21 bits per heavy atom. The topological polar surface area (TPSA) is 93.3 Å². The second kappa shape index (κ2) is 7.49. The van der Waals surface area contributed by atoms with Gasteiger partial charge in [0.25, 0.3) is 5.56 Å². The molecule has 0 atom stereocenters. The zero-order valence-electron chi connectivity index (χ0n) is 14.7. The molecule has 0 bridgehead atoms. The molecule has 140 valence electrons. The van der Waals surface area contributed by atoms with Crippen LogP contribution in [0.25, 0.3) is 16.6 Å². The number of pyridine rings is 2. The van der Waals surface area contributed by atoms with Crippen LogP contribution in [0.3, 0.4) is 0 Å². The van der Waals surface area contributed by atoms with Crippen molar-refractivity contribution in [3.63, 3.8) is 0 Å². The molecule has 1 aromatic carbocycles. The van der Waals surface area contributed by atoms with Gasteiger partial charge in [0.1, 0.15) is 10.8 Å². The number of aliphatic imine (C=N–C) groups is 1. The molecular formula is C19H14ClN5O2S. The molecule has 0 aliphatic carbocycles. The van der Waals surface area contributed by atoms with Crippen molar-refractivity contribution in [2.75, 3.05) is 0 Å². The number of hydrogen-bond donors (Lipinski definition) is 1. The van der Waals surface area contributed by atoms with E-state index in [4.69, 9.17) is 11.6 Å². The van der Waals surface area contributed by atoms with Crippen LogP contribution in [0, 0.1) is 0 Å². The van der Waals surface area contributed by atoms with Gasteiger partial charge in [-0.3, -0.25) is 4.79 Å². The molecular weight excluding hydrogens is 398 g/mol. The first-order valence-corrected chi connectivity index (χ1v) is 9.63. The molecule has 0 aliphatic heterocycles. The maximum atomic E-state index is 13.0. The van der Waals surface area contributed by atoms with E-state index in [0.717, 1.165) is 16.0 Å². The van der Waals surface area contributed by atoms with Crippen LogP contribution < -0.4 is 5.56 Å². The fourth-order valence-electron chi connectivity index (χ4n) is 2.76. The summed E-state index contributed by atoms with van der Waals surface area (Å²) in [7, 11) is 0. The van der Waals surface area contributed by atoms with Crippen molar-refractivity contribution in [2.24, 2.45) is 4.99 Å². The van der Waals surface area contributed by atoms with Crippen LogP contribution in [0.1, 0.15) is 17.5 Å². The first-order valence-electron chi connectivity index (χ1n) is 8.43. The molecule has 0 saturated heterocycles. The molecule has 4 rings (SSSR count). The number of aromatic nitrogens is 4. The fourth-order valence-corrected chi connectivity index (χ4v) is 3.50. The third-order valence-electron chi connectivity index (χ3n) is 4.11. The lowest BCUT2D eigenvalue weighted by atomic mass is 10.1. The minimum absolute atomic E-state index is 0.261. The summed E-state index contributed by atoms with van der Waals surface area (Å²) in [6.07, 6.45) is 3.68. The first kappa shape index (κ1) is 18.3. The maximum absolute atomic E-state index is 13.0. The number of rotatable bonds is 4. The van der Waals surface area contributed by atoms with Gasteiger partial charge in [-0.15, -0.1) is 10.2 Å². The van der Waals surface area contributed by atoms with Gasteiger partial charge in [-0.05, 0) is 24.6 Å². The smallest absolute Gasteiger partial charge is 0.267 e. The first-order chi connectivity index (χ1) is 13.6. The zero-order chi connectivity index (χ0) is 19.7. The molecule has 0 amide bonds. The molecule has 1 N–H and O–H groups in total. The molecule has 9 heteroatoms. The number of aromatic hydroxyl groups is 1. The van der Waals surface area contributed by atoms with Gasteiger partial charge >= 0.3 is 0 Å². The van der Waals surface area contributed by atoms with Crippen molar-refractivity contribution in [3.05, 3.63) is 68.5 Å². The van der Waals surface area contributed by atoms with E-state index in [0.29, 0.717) is 26.5 Å². The Morgan fingerprint density at radius 3 is 2.68 bits per heavy atom. The molecule has 0 saturated carbocycles. The van der Waals surface area contributed by atoms with Gasteiger partial charge in [0, 0.05) is 23.2 Å². The van der Waals surface area contributed by atoms with E-state index < -0.39 is 0 Å². The lowest BCUT2D eigenvalue weighted by Gasteiger charge is -2.12. The van der Waals surface area contributed by atoms with Gasteiger partial charge in [-0.2, -0.15) is 0 Å². The zero-order valence-corrected chi connectivity index (χ0v) is 16.3. The summed E-state index contributed by atoms with van der Waals surface area (Å²) in [5.41, 5.74) is 0.00413. The summed E-state index contributed by atoms with van der Waals surface area (Å²) in [6, 6.07) is 10.2. The number of benzene rings is 1. The van der Waals surface area contributed by atoms with E-state index in [9.17, 15) is 9.90 Å². The number of aryl methyl sites for hydroxylation is 1. The van der Waals surface area contributed by atoms with Crippen LogP contribution in [-0.4, -0.2) is 31.1 Å². The molecule has 0 fully saturated rings. The lowest BCUT2D eigenvalue weighted by molar-refractivity contribution is 0.435. The molecule has 0 aliphatic rings. The number of fused-ring (bicyclic) bond motifs is 1. The Morgan fingerprint density at radius 2 is 2.00 bits per heavy atom. The van der Waals surface area contributed by atoms with Gasteiger partial charge in [0.2, 0.25) is 11.0 Å². The second-order valence-electron chi connectivity index (χ2n) is 5.85. The van der Waals surface area contributed by atoms with Crippen molar-refractivity contribution < 1.29 is 5.11 Å². The Labute approximate surface area is 168 Å². The van der Waals surface area contributed by atoms with Gasteiger partial charge in [-0.25, -0.2) is 14.5 Å². The quantitative estimate of drug-likeness (QED) is 0.514. The normalized spacial score (nSPS) is 11.5. The molecule has 0 spiro atoms. The van der Waals surface area contributed by atoms with Gasteiger partial charge in [0.15, 0.2) is 0 Å². The second-order valence-corrected chi connectivity index (χ2v) is 7.33. The molecule has 0 radical (unpaired) electrons. The van der Waals surface area contributed by atoms with E-state index >= 15 is 0 Å². The Hall–Kier alpha value is -3.10. The van der Waals surface area contributed by atoms with Crippen LogP contribution in [0.2, 0.25) is 5.02 Å². The molecule has 3 heterocycles. The predicted molar refractivity (Wildman–Crippen MR) is 111 cm³/mol. The van der Waals surface area contributed by atoms with Gasteiger partial charge in [0.05, 0.1) is 10.6 Å². The molecule has 4 aromatic rings. The van der Waals surface area contributed by atoms with E-state index in [1.807, 2.05) is 6.92 Å². The highest BCUT2D eigenvalue weighted by atomic mass is 35.5. The lowest BCUT2D eigenvalue weighted by Crippen LogP contribution is -2.21. The highest BCUT2D eigenvalue weighted by Crippen LogP contribution is 2.27. The Kier molecular flexibility index (Phi) is 4.89. The summed E-state index contributed by atoms with van der Waals surface area (Å²) in [5.74, 6) is -0.000935. The highest BCUT2D eigenvalue weighted by molar-refractivity contribution is 7.14. The highest BCUT2D eigenvalue weighted by Gasteiger charge is 2.17. The van der Waals surface area contributed by atoms with Crippen LogP contribution in [0.4, 0.5) is 5.13 Å². The summed E-state index contributed by atoms with van der Waals surface area (Å²) >= 11 is 7.26. The number of halogens is 1. The molecule has 7 nitrogen and oxygen atoms in total. The van der Waals surface area contributed by atoms with Crippen molar-refractivity contribution in [1.29, 1.82) is 0 Å². The summed E-state index contributed by atoms with van der Waals surface area (Å²) in [6.45, 7) is 1.99. The van der Waals surface area contributed by atoms with E-state index in [1.165, 1.54) is 23.7 Å². The molecule has 28 heavy (non-hydrogen) atoms. The van der Waals surface area contributed by atoms with Crippen molar-refractivity contribution in [1.82, 2.24) is 19.7 Å². The van der Waals surface area contributed by atoms with Gasteiger partial charge in [-0.1, -0.05) is 48.1 Å². The fraction of sp³-hybridized carbons (Fsp3) is 0.105. The van der Waals surface area contributed by atoms with E-state index in [2.05, 4.69) is 20.2 Å². The average molecular weight is 412 g/mol. The van der Waals surface area contributed by atoms with E-state index in [-0.39, 0.29) is 17.3 Å². The van der Waals surface area contributed by atoms with Crippen molar-refractivity contribution in [3.8, 4) is 11.7 Å². The Balaban J connectivity index is 1.94. The SMILES string of the molecule is CCc1nnc(/N=C/c2c(O)n(-c3ccc(Cl)cn3)c(=O)c3ccccc23)s1. The number of nitrogens with zero attached hydrogens (tertiary/aromatic N) is 5. The van der Waals surface area contributed by atoms with Crippen LogP contribution in [-0.2, 0) is 6.42 Å². The maximum Gasteiger partial charge on any atom is 0.267 e. The Bertz CT molecular complexity index is 1250. The third-order valence-corrected chi connectivity index (χ3v) is 5.31. The largest absolute Gasteiger partial charge is 0.494 e. The standard InChI is InChI=1S/C19H14ClN5O2S/c1-2-16-23-24-19(28-16)22-10-14-12-5-3-4-6-13(12)17(26)25(18(14)27)15-8-7-11(20)9-21-15/h3-10,27H,2H2,1H3/b22-10+. The average Bonchev–Trinajstić information content (AvgIpc) is 3.17. The predicted octanol–water partition coefficient (Wildman–Crippen LogP) is 3.91. The van der Waals surface area contributed by atoms with Crippen molar-refractivity contribution in [2.45, 2.75) is 13.3 Å². The van der Waals surface area contributed by atoms with E-state index in [1.54, 1.807) is 36.4 Å². The summed E-state index contributed by atoms with van der Waals surface area (Å²) in [4.78, 5) is 21.5. The number of hydrogen-bond acceptors (Lipinski definition) is 7. The minimum Gasteiger partial charge on any atom is -0.494 e. The van der Waals surface area contributed by atoms with Crippen LogP contribution >= 0.6 is 22.9 Å². The van der Waals surface area contributed by atoms with Crippen molar-refractivity contribution >= 4 is 45.1 Å². The minimum atomic E-state index is -0.385. The molecule has 3 aromatic heterocycles. The van der Waals surface area contributed by atoms with Gasteiger partial charge < -0.3 is 5.11 Å². The van der Waals surface area contributed by atoms with Crippen LogP contribution in [0.5, 0.6) is 5.88 Å². The summed E-state index contributed by atoms with van der Waals surface area (Å²) < 4.78 is 1.14. The molecule has 0 unspecified atom stereocenters. The third kappa shape index (κ3) is 3.28. The monoisotopic (exact) mass is 411 g/mol. The van der Waals surface area contributed by atoms with Crippen LogP contribution in [0.15, 0.2) is 52.4 Å².